The van der Waals surface area contributed by atoms with Crippen LogP contribution in [0, 0.1) is 0 Å². The van der Waals surface area contributed by atoms with E-state index in [2.05, 4.69) is 0 Å². The Labute approximate surface area is 133 Å². The van der Waals surface area contributed by atoms with Gasteiger partial charge in [0.15, 0.2) is 11.5 Å². The molecule has 0 saturated heterocycles. The van der Waals surface area contributed by atoms with Crippen LogP contribution < -0.4 is 14.2 Å². The first-order valence-electron chi connectivity index (χ1n) is 6.80. The molecule has 6 heteroatoms. The number of halogens is 1. The average Bonchev–Trinajstić information content (AvgIpc) is 2.49. The minimum atomic E-state index is -0.384. The molecule has 0 radical (unpaired) electrons. The Morgan fingerprint density at radius 3 is 2.41 bits per heavy atom. The Hall–Kier alpha value is -2.14. The van der Waals surface area contributed by atoms with Gasteiger partial charge in [0.05, 0.1) is 14.2 Å². The topological polar surface area (TPSA) is 65.0 Å². The quantitative estimate of drug-likeness (QED) is 0.667. The van der Waals surface area contributed by atoms with Gasteiger partial charge in [0.1, 0.15) is 0 Å². The number of phenols is 1. The third-order valence-corrected chi connectivity index (χ3v) is 3.42. The summed E-state index contributed by atoms with van der Waals surface area (Å²) in [5.74, 6) is -0.0324. The summed E-state index contributed by atoms with van der Waals surface area (Å²) in [7, 11) is 2.81. The molecule has 0 aliphatic rings. The van der Waals surface area contributed by atoms with Crippen molar-refractivity contribution in [3.8, 4) is 23.0 Å². The minimum Gasteiger partial charge on any atom is -0.504 e. The van der Waals surface area contributed by atoms with Gasteiger partial charge < -0.3 is 19.3 Å². The lowest BCUT2D eigenvalue weighted by Gasteiger charge is -2.17. The van der Waals surface area contributed by atoms with E-state index in [0.717, 1.165) is 0 Å². The molecule has 2 rings (SSSR count). The van der Waals surface area contributed by atoms with Crippen molar-refractivity contribution in [3.05, 3.63) is 23.2 Å². The molecule has 0 atom stereocenters. The third-order valence-electron chi connectivity index (χ3n) is 3.19. The first-order valence-corrected chi connectivity index (χ1v) is 7.18. The van der Waals surface area contributed by atoms with Crippen molar-refractivity contribution in [2.45, 2.75) is 19.8 Å². The monoisotopic (exact) mass is 324 g/mol. The van der Waals surface area contributed by atoms with Crippen molar-refractivity contribution in [2.75, 3.05) is 14.2 Å². The highest BCUT2D eigenvalue weighted by molar-refractivity contribution is 6.31. The number of phenolic OH excluding ortho intramolecular Hbond substituents is 1. The van der Waals surface area contributed by atoms with Gasteiger partial charge in [0.25, 0.3) is 0 Å². The lowest BCUT2D eigenvalue weighted by Crippen LogP contribution is -2.09. The largest absolute Gasteiger partial charge is 0.504 e. The van der Waals surface area contributed by atoms with E-state index in [-0.39, 0.29) is 35.4 Å². The molecule has 2 aromatic carbocycles. The van der Waals surface area contributed by atoms with Crippen LogP contribution in [-0.4, -0.2) is 25.3 Å². The first kappa shape index (κ1) is 16.2. The fourth-order valence-electron chi connectivity index (χ4n) is 2.21. The highest BCUT2D eigenvalue weighted by atomic mass is 35.5. The molecule has 0 fully saturated rings. The van der Waals surface area contributed by atoms with Gasteiger partial charge >= 0.3 is 5.97 Å². The van der Waals surface area contributed by atoms with Crippen LogP contribution in [0.15, 0.2) is 18.2 Å². The van der Waals surface area contributed by atoms with Gasteiger partial charge in [-0.05, 0) is 24.6 Å². The number of aromatic hydroxyl groups is 1. The van der Waals surface area contributed by atoms with Gasteiger partial charge in [-0.15, -0.1) is 0 Å². The zero-order valence-electron chi connectivity index (χ0n) is 12.6. The molecule has 0 saturated carbocycles. The van der Waals surface area contributed by atoms with Crippen molar-refractivity contribution >= 4 is 28.3 Å². The zero-order valence-corrected chi connectivity index (χ0v) is 13.4. The Morgan fingerprint density at radius 1 is 1.14 bits per heavy atom. The third kappa shape index (κ3) is 2.90. The summed E-state index contributed by atoms with van der Waals surface area (Å²) < 4.78 is 15.9. The predicted octanol–water partition coefficient (Wildman–Crippen LogP) is 3.92. The normalized spacial score (nSPS) is 10.5. The summed E-state index contributed by atoms with van der Waals surface area (Å²) in [5.41, 5.74) is 0. The summed E-state index contributed by atoms with van der Waals surface area (Å²) in [4.78, 5) is 11.9. The highest BCUT2D eigenvalue weighted by Crippen LogP contribution is 2.50. The summed E-state index contributed by atoms with van der Waals surface area (Å²) >= 11 is 5.98. The van der Waals surface area contributed by atoms with Crippen molar-refractivity contribution in [1.29, 1.82) is 0 Å². The number of methoxy groups -OCH3 is 2. The van der Waals surface area contributed by atoms with E-state index in [1.165, 1.54) is 14.2 Å². The molecule has 0 amide bonds. The number of carbonyl (C=O) groups excluding carboxylic acids is 1. The Morgan fingerprint density at radius 2 is 1.82 bits per heavy atom. The maximum Gasteiger partial charge on any atom is 0.311 e. The number of rotatable bonds is 5. The van der Waals surface area contributed by atoms with Crippen LogP contribution in [-0.2, 0) is 4.79 Å². The van der Waals surface area contributed by atoms with Crippen LogP contribution in [0.2, 0.25) is 5.02 Å². The average molecular weight is 325 g/mol. The highest BCUT2D eigenvalue weighted by Gasteiger charge is 2.24. The molecule has 2 aromatic rings. The second-order valence-corrected chi connectivity index (χ2v) is 5.09. The Balaban J connectivity index is 2.75. The van der Waals surface area contributed by atoms with Crippen LogP contribution in [0.3, 0.4) is 0 Å². The second-order valence-electron chi connectivity index (χ2n) is 4.66. The van der Waals surface area contributed by atoms with Gasteiger partial charge in [-0.1, -0.05) is 18.5 Å². The molecule has 1 N–H and O–H groups in total. The van der Waals surface area contributed by atoms with Crippen molar-refractivity contribution in [1.82, 2.24) is 0 Å². The molecule has 0 aliphatic heterocycles. The number of ether oxygens (including phenoxy) is 3. The predicted molar refractivity (Wildman–Crippen MR) is 84.3 cm³/mol. The van der Waals surface area contributed by atoms with E-state index >= 15 is 0 Å². The summed E-state index contributed by atoms with van der Waals surface area (Å²) in [5, 5.41) is 11.7. The fraction of sp³-hybridized carbons (Fsp3) is 0.312. The SMILES string of the molecule is CCCC(=O)Oc1c(OC)c(OC)c(O)c2cc(Cl)ccc12. The van der Waals surface area contributed by atoms with Crippen LogP contribution in [0.4, 0.5) is 0 Å². The molecule has 0 aliphatic carbocycles. The Bertz CT molecular complexity index is 711. The van der Waals surface area contributed by atoms with E-state index in [1.54, 1.807) is 18.2 Å². The summed E-state index contributed by atoms with van der Waals surface area (Å²) in [6.45, 7) is 1.88. The molecule has 22 heavy (non-hydrogen) atoms. The van der Waals surface area contributed by atoms with Crippen LogP contribution in [0.5, 0.6) is 23.0 Å². The number of fused-ring (bicyclic) bond motifs is 1. The van der Waals surface area contributed by atoms with E-state index in [4.69, 9.17) is 25.8 Å². The number of hydrogen-bond acceptors (Lipinski definition) is 5. The van der Waals surface area contributed by atoms with Crippen molar-refractivity contribution in [2.24, 2.45) is 0 Å². The van der Waals surface area contributed by atoms with Gasteiger partial charge in [0.2, 0.25) is 11.5 Å². The molecule has 0 heterocycles. The molecule has 0 spiro atoms. The smallest absolute Gasteiger partial charge is 0.311 e. The van der Waals surface area contributed by atoms with E-state index in [0.29, 0.717) is 22.2 Å². The van der Waals surface area contributed by atoms with Crippen LogP contribution >= 0.6 is 11.6 Å². The molecule has 0 aromatic heterocycles. The lowest BCUT2D eigenvalue weighted by atomic mass is 10.1. The Kier molecular flexibility index (Phi) is 4.98. The fourth-order valence-corrected chi connectivity index (χ4v) is 2.38. The number of carbonyl (C=O) groups is 1. The minimum absolute atomic E-state index is 0.0940. The zero-order chi connectivity index (χ0) is 16.3. The molecule has 0 bridgehead atoms. The maximum atomic E-state index is 11.9. The molecular formula is C16H17ClO5. The number of hydrogen-bond donors (Lipinski definition) is 1. The standard InChI is InChI=1S/C16H17ClO5/c1-4-5-12(18)22-14-10-7-6-9(17)8-11(10)13(19)15(20-2)16(14)21-3/h6-8,19H,4-5H2,1-3H3. The van der Waals surface area contributed by atoms with Crippen molar-refractivity contribution < 1.29 is 24.1 Å². The summed E-state index contributed by atoms with van der Waals surface area (Å²) in [6.07, 6.45) is 0.946. The molecule has 118 valence electrons. The van der Waals surface area contributed by atoms with Crippen LogP contribution in [0.25, 0.3) is 10.8 Å². The first-order chi connectivity index (χ1) is 10.5. The maximum absolute atomic E-state index is 11.9. The second kappa shape index (κ2) is 6.75. The van der Waals surface area contributed by atoms with E-state index in [9.17, 15) is 9.90 Å². The van der Waals surface area contributed by atoms with Gasteiger partial charge in [-0.25, -0.2) is 0 Å². The lowest BCUT2D eigenvalue weighted by molar-refractivity contribution is -0.134. The van der Waals surface area contributed by atoms with E-state index in [1.807, 2.05) is 6.92 Å². The number of esters is 1. The van der Waals surface area contributed by atoms with Crippen LogP contribution in [0.1, 0.15) is 19.8 Å². The molecular weight excluding hydrogens is 308 g/mol. The van der Waals surface area contributed by atoms with Gasteiger partial charge in [0, 0.05) is 22.2 Å². The van der Waals surface area contributed by atoms with Gasteiger partial charge in [-0.3, -0.25) is 4.79 Å². The van der Waals surface area contributed by atoms with Crippen molar-refractivity contribution in [3.63, 3.8) is 0 Å². The number of benzene rings is 2. The molecule has 5 nitrogen and oxygen atoms in total. The molecule has 0 unspecified atom stereocenters. The van der Waals surface area contributed by atoms with E-state index < -0.39 is 0 Å². The summed E-state index contributed by atoms with van der Waals surface area (Å²) in [6, 6.07) is 4.88. The van der Waals surface area contributed by atoms with Gasteiger partial charge in [-0.2, -0.15) is 0 Å².